The monoisotopic (exact) mass is 513 g/mol. The Kier molecular flexibility index (Phi) is 5.48. The van der Waals surface area contributed by atoms with Gasteiger partial charge in [0.15, 0.2) is 0 Å². The number of rotatable bonds is 6. The van der Waals surface area contributed by atoms with Crippen LogP contribution in [0.25, 0.3) is 0 Å². The molecule has 0 amide bonds. The summed E-state index contributed by atoms with van der Waals surface area (Å²) in [6, 6.07) is 22.6. The van der Waals surface area contributed by atoms with Crippen LogP contribution in [0.15, 0.2) is 84.0 Å². The molecule has 3 heterocycles. The molecule has 192 valence electrons. The Morgan fingerprint density at radius 3 is 2.45 bits per heavy atom. The standard InChI is InChI=1S/C27H23N5O6/c1-18-7-9-22(10-8-18)30-27-20(17-38-26(27)34)15-29(21-11-13-23(14-12-21)32(35)36)31(27)24(28-30)25(33)37-16-19-5-3-2-4-6-19/h2-14,20H,15-17H2,1H3/t20-,27-/m1/s1. The number of ether oxygens (including phenoxy) is 2. The van der Waals surface area contributed by atoms with Crippen LogP contribution in [0.4, 0.5) is 17.1 Å². The summed E-state index contributed by atoms with van der Waals surface area (Å²) < 4.78 is 11.2. The number of carbonyl (C=O) groups is 2. The van der Waals surface area contributed by atoms with Gasteiger partial charge in [0.1, 0.15) is 13.2 Å². The average molecular weight is 514 g/mol. The van der Waals surface area contributed by atoms with Gasteiger partial charge in [-0.3, -0.25) is 15.1 Å². The Hall–Kier alpha value is -4.93. The molecule has 38 heavy (non-hydrogen) atoms. The van der Waals surface area contributed by atoms with Crippen LogP contribution in [0, 0.1) is 23.0 Å². The number of amidine groups is 1. The first kappa shape index (κ1) is 23.5. The quantitative estimate of drug-likeness (QED) is 0.278. The van der Waals surface area contributed by atoms with E-state index in [9.17, 15) is 19.7 Å². The van der Waals surface area contributed by atoms with Gasteiger partial charge in [0.2, 0.25) is 0 Å². The zero-order valence-electron chi connectivity index (χ0n) is 20.4. The summed E-state index contributed by atoms with van der Waals surface area (Å²) in [4.78, 5) is 37.8. The molecule has 0 saturated carbocycles. The Bertz CT molecular complexity index is 1440. The van der Waals surface area contributed by atoms with Crippen LogP contribution in [-0.2, 0) is 25.7 Å². The summed E-state index contributed by atoms with van der Waals surface area (Å²) in [5.74, 6) is -1.71. The van der Waals surface area contributed by atoms with Crippen molar-refractivity contribution in [2.75, 3.05) is 23.2 Å². The van der Waals surface area contributed by atoms with Gasteiger partial charge in [0.05, 0.1) is 28.8 Å². The first-order valence-electron chi connectivity index (χ1n) is 12.1. The number of nitrogens with zero attached hydrogens (tertiary/aromatic N) is 5. The summed E-state index contributed by atoms with van der Waals surface area (Å²) in [5, 5.41) is 20.7. The Balaban J connectivity index is 1.43. The van der Waals surface area contributed by atoms with Gasteiger partial charge in [-0.15, -0.1) is 5.10 Å². The summed E-state index contributed by atoms with van der Waals surface area (Å²) in [6.45, 7) is 2.42. The number of benzene rings is 3. The lowest BCUT2D eigenvalue weighted by Crippen LogP contribution is -2.62. The molecule has 11 heteroatoms. The number of anilines is 2. The zero-order chi connectivity index (χ0) is 26.4. The van der Waals surface area contributed by atoms with Crippen molar-refractivity contribution in [1.82, 2.24) is 5.01 Å². The van der Waals surface area contributed by atoms with Crippen molar-refractivity contribution in [3.05, 3.63) is 100 Å². The van der Waals surface area contributed by atoms with E-state index in [4.69, 9.17) is 9.47 Å². The lowest BCUT2D eigenvalue weighted by atomic mass is 9.96. The van der Waals surface area contributed by atoms with Gasteiger partial charge in [0.25, 0.3) is 17.2 Å². The second-order valence-corrected chi connectivity index (χ2v) is 9.32. The molecular formula is C27H23N5O6. The third-order valence-corrected chi connectivity index (χ3v) is 6.99. The van der Waals surface area contributed by atoms with Crippen molar-refractivity contribution in [3.8, 4) is 0 Å². The lowest BCUT2D eigenvalue weighted by Gasteiger charge is -2.38. The number of non-ortho nitro benzene ring substituents is 1. The molecular weight excluding hydrogens is 490 g/mol. The molecule has 3 aliphatic rings. The Morgan fingerprint density at radius 1 is 1.08 bits per heavy atom. The van der Waals surface area contributed by atoms with E-state index in [-0.39, 0.29) is 30.7 Å². The van der Waals surface area contributed by atoms with E-state index >= 15 is 0 Å². The number of hydrogen-bond donors (Lipinski definition) is 0. The molecule has 2 saturated heterocycles. The van der Waals surface area contributed by atoms with Crippen molar-refractivity contribution >= 4 is 34.8 Å². The van der Waals surface area contributed by atoms with Crippen molar-refractivity contribution in [2.24, 2.45) is 11.0 Å². The minimum Gasteiger partial charge on any atom is -0.462 e. The summed E-state index contributed by atoms with van der Waals surface area (Å²) in [5.41, 5.74) is 1.49. The molecule has 0 aromatic heterocycles. The van der Waals surface area contributed by atoms with Gasteiger partial charge >= 0.3 is 11.9 Å². The third kappa shape index (κ3) is 3.54. The van der Waals surface area contributed by atoms with Crippen LogP contribution in [0.1, 0.15) is 11.1 Å². The first-order chi connectivity index (χ1) is 18.4. The van der Waals surface area contributed by atoms with E-state index in [0.717, 1.165) is 11.1 Å². The number of hydrazone groups is 1. The van der Waals surface area contributed by atoms with E-state index in [1.807, 2.05) is 61.5 Å². The number of hydrazine groups is 1. The highest BCUT2D eigenvalue weighted by Gasteiger charge is 2.72. The van der Waals surface area contributed by atoms with Crippen LogP contribution >= 0.6 is 0 Å². The molecule has 0 N–H and O–H groups in total. The van der Waals surface area contributed by atoms with Crippen molar-refractivity contribution in [1.29, 1.82) is 0 Å². The highest BCUT2D eigenvalue weighted by molar-refractivity contribution is 6.37. The molecule has 1 spiro atoms. The number of esters is 2. The fraction of sp³-hybridized carbons (Fsp3) is 0.222. The predicted molar refractivity (Wildman–Crippen MR) is 137 cm³/mol. The number of aryl methyl sites for hydroxylation is 1. The minimum atomic E-state index is -1.45. The molecule has 2 fully saturated rings. The van der Waals surface area contributed by atoms with E-state index in [0.29, 0.717) is 17.9 Å². The van der Waals surface area contributed by atoms with Crippen LogP contribution in [0.2, 0.25) is 0 Å². The molecule has 11 nitrogen and oxygen atoms in total. The van der Waals surface area contributed by atoms with E-state index in [1.54, 1.807) is 17.1 Å². The lowest BCUT2D eigenvalue weighted by molar-refractivity contribution is -0.384. The van der Waals surface area contributed by atoms with Crippen molar-refractivity contribution in [2.45, 2.75) is 19.2 Å². The Morgan fingerprint density at radius 2 is 1.76 bits per heavy atom. The van der Waals surface area contributed by atoms with Crippen LogP contribution < -0.4 is 10.0 Å². The zero-order valence-corrected chi connectivity index (χ0v) is 20.4. The highest BCUT2D eigenvalue weighted by atomic mass is 16.6. The largest absolute Gasteiger partial charge is 0.462 e. The SMILES string of the molecule is Cc1ccc(N2N=C(C(=O)OCc3ccccc3)N3N(c4ccc([N+](=O)[O-])cc4)C[C@@H]4COC(=O)[C@]423)cc1. The molecule has 2 atom stereocenters. The summed E-state index contributed by atoms with van der Waals surface area (Å²) in [6.07, 6.45) is 0. The van der Waals surface area contributed by atoms with E-state index in [1.165, 1.54) is 22.2 Å². The van der Waals surface area contributed by atoms with Gasteiger partial charge in [-0.05, 0) is 36.8 Å². The molecule has 3 aliphatic heterocycles. The number of hydrogen-bond acceptors (Lipinski definition) is 10. The van der Waals surface area contributed by atoms with Gasteiger partial charge < -0.3 is 9.47 Å². The molecule has 6 rings (SSSR count). The molecule has 0 unspecified atom stereocenters. The maximum Gasteiger partial charge on any atom is 0.378 e. The maximum absolute atomic E-state index is 13.5. The molecule has 3 aromatic carbocycles. The molecule has 3 aromatic rings. The number of carbonyl (C=O) groups excluding carboxylic acids is 2. The topological polar surface area (TPSA) is 118 Å². The third-order valence-electron chi connectivity index (χ3n) is 6.99. The van der Waals surface area contributed by atoms with Gasteiger partial charge in [-0.25, -0.2) is 19.6 Å². The summed E-state index contributed by atoms with van der Waals surface area (Å²) in [7, 11) is 0. The van der Waals surface area contributed by atoms with Gasteiger partial charge in [-0.1, -0.05) is 48.0 Å². The van der Waals surface area contributed by atoms with Crippen molar-refractivity contribution < 1.29 is 24.0 Å². The van der Waals surface area contributed by atoms with E-state index in [2.05, 4.69) is 5.10 Å². The maximum atomic E-state index is 13.5. The normalized spacial score (nSPS) is 21.6. The van der Waals surface area contributed by atoms with Crippen LogP contribution in [0.5, 0.6) is 0 Å². The number of nitro benzene ring substituents is 1. The molecule has 0 radical (unpaired) electrons. The minimum absolute atomic E-state index is 0.0233. The first-order valence-corrected chi connectivity index (χ1v) is 12.1. The van der Waals surface area contributed by atoms with E-state index < -0.39 is 22.5 Å². The molecule has 0 aliphatic carbocycles. The van der Waals surface area contributed by atoms with Crippen molar-refractivity contribution in [3.63, 3.8) is 0 Å². The number of nitro groups is 1. The van der Waals surface area contributed by atoms with Gasteiger partial charge in [0, 0.05) is 12.1 Å². The average Bonchev–Trinajstić information content (AvgIpc) is 3.56. The van der Waals surface area contributed by atoms with Crippen LogP contribution in [0.3, 0.4) is 0 Å². The fourth-order valence-electron chi connectivity index (χ4n) is 5.14. The number of cyclic esters (lactones) is 1. The van der Waals surface area contributed by atoms with Crippen LogP contribution in [-0.4, -0.2) is 46.5 Å². The highest BCUT2D eigenvalue weighted by Crippen LogP contribution is 2.50. The molecule has 0 bridgehead atoms. The summed E-state index contributed by atoms with van der Waals surface area (Å²) >= 11 is 0. The fourth-order valence-corrected chi connectivity index (χ4v) is 5.14. The Labute approximate surface area is 217 Å². The van der Waals surface area contributed by atoms with Gasteiger partial charge in [-0.2, -0.15) is 0 Å². The predicted octanol–water partition coefficient (Wildman–Crippen LogP) is 3.39. The second kappa shape index (κ2) is 8.87. The second-order valence-electron chi connectivity index (χ2n) is 9.32. The smallest absolute Gasteiger partial charge is 0.378 e.